The molecule has 1 aromatic rings. The number of hydrazine groups is 1. The molecule has 0 atom stereocenters. The van der Waals surface area contributed by atoms with Gasteiger partial charge in [0.2, 0.25) is 5.91 Å². The van der Waals surface area contributed by atoms with Crippen LogP contribution < -0.4 is 20.3 Å². The molecule has 1 rings (SSSR count). The van der Waals surface area contributed by atoms with E-state index >= 15 is 0 Å². The zero-order valence-corrected chi connectivity index (χ0v) is 13.2. The van der Waals surface area contributed by atoms with Crippen molar-refractivity contribution >= 4 is 23.4 Å². The normalized spacial score (nSPS) is 10.2. The number of ether oxygens (including phenoxy) is 2. The first-order valence-electron chi connectivity index (χ1n) is 6.39. The Morgan fingerprint density at radius 2 is 1.86 bits per heavy atom. The molecular formula is C14H19ClN2O4. The van der Waals surface area contributed by atoms with Crippen LogP contribution in [-0.2, 0) is 4.79 Å². The smallest absolute Gasteiger partial charge is 0.269 e. The van der Waals surface area contributed by atoms with Gasteiger partial charge in [-0.2, -0.15) is 0 Å². The Morgan fingerprint density at radius 1 is 1.19 bits per heavy atom. The molecule has 0 spiro atoms. The molecule has 0 saturated heterocycles. The molecule has 0 heterocycles. The molecule has 7 heteroatoms. The largest absolute Gasteiger partial charge is 0.493 e. The second kappa shape index (κ2) is 7.73. The molecule has 0 aliphatic heterocycles. The fraction of sp³-hybridized carbons (Fsp3) is 0.429. The third-order valence-electron chi connectivity index (χ3n) is 2.60. The number of rotatable bonds is 5. The van der Waals surface area contributed by atoms with Gasteiger partial charge in [-0.15, -0.1) is 0 Å². The van der Waals surface area contributed by atoms with E-state index in [1.54, 1.807) is 0 Å². The summed E-state index contributed by atoms with van der Waals surface area (Å²) in [6.07, 6.45) is 0.326. The van der Waals surface area contributed by atoms with Crippen LogP contribution in [0.25, 0.3) is 0 Å². The molecule has 0 saturated carbocycles. The van der Waals surface area contributed by atoms with E-state index in [2.05, 4.69) is 10.9 Å². The summed E-state index contributed by atoms with van der Waals surface area (Å²) in [5.74, 6) is 0.139. The molecule has 0 aliphatic carbocycles. The summed E-state index contributed by atoms with van der Waals surface area (Å²) in [5.41, 5.74) is 4.92. The van der Waals surface area contributed by atoms with Crippen molar-refractivity contribution in [2.24, 2.45) is 5.92 Å². The Balaban J connectivity index is 2.79. The highest BCUT2D eigenvalue weighted by atomic mass is 35.5. The van der Waals surface area contributed by atoms with E-state index in [9.17, 15) is 9.59 Å². The molecule has 21 heavy (non-hydrogen) atoms. The van der Waals surface area contributed by atoms with E-state index in [4.69, 9.17) is 21.1 Å². The number of methoxy groups -OCH3 is 2. The van der Waals surface area contributed by atoms with Crippen LogP contribution in [0.5, 0.6) is 11.5 Å². The van der Waals surface area contributed by atoms with Crippen molar-refractivity contribution in [1.29, 1.82) is 0 Å². The number of carbonyl (C=O) groups excluding carboxylic acids is 2. The highest BCUT2D eigenvalue weighted by Gasteiger charge is 2.15. The lowest BCUT2D eigenvalue weighted by atomic mass is 10.1. The molecule has 0 unspecified atom stereocenters. The molecule has 6 nitrogen and oxygen atoms in total. The van der Waals surface area contributed by atoms with Gasteiger partial charge in [-0.3, -0.25) is 20.4 Å². The molecule has 2 N–H and O–H groups in total. The molecule has 0 aliphatic rings. The van der Waals surface area contributed by atoms with Crippen molar-refractivity contribution in [2.45, 2.75) is 20.3 Å². The van der Waals surface area contributed by atoms with Gasteiger partial charge in [-0.25, -0.2) is 0 Å². The number of benzene rings is 1. The zero-order valence-electron chi connectivity index (χ0n) is 12.5. The number of carbonyl (C=O) groups is 2. The SMILES string of the molecule is COc1cc(C(=O)NNC(=O)CC(C)C)cc(Cl)c1OC. The standard InChI is InChI=1S/C14H19ClN2O4/c1-8(2)5-12(18)16-17-14(19)9-6-10(15)13(21-4)11(7-9)20-3/h6-8H,5H2,1-4H3,(H,16,18)(H,17,19). The summed E-state index contributed by atoms with van der Waals surface area (Å²) in [7, 11) is 2.90. The average molecular weight is 315 g/mol. The Kier molecular flexibility index (Phi) is 6.30. The minimum atomic E-state index is -0.491. The molecule has 2 amide bonds. The van der Waals surface area contributed by atoms with Gasteiger partial charge in [-0.05, 0) is 18.1 Å². The maximum Gasteiger partial charge on any atom is 0.269 e. The van der Waals surface area contributed by atoms with Gasteiger partial charge >= 0.3 is 0 Å². The first kappa shape index (κ1) is 17.1. The lowest BCUT2D eigenvalue weighted by molar-refractivity contribution is -0.122. The predicted molar refractivity (Wildman–Crippen MR) is 79.6 cm³/mol. The van der Waals surface area contributed by atoms with Crippen LogP contribution >= 0.6 is 11.6 Å². The van der Waals surface area contributed by atoms with Crippen molar-refractivity contribution < 1.29 is 19.1 Å². The molecule has 0 fully saturated rings. The molecule has 0 radical (unpaired) electrons. The van der Waals surface area contributed by atoms with E-state index in [0.717, 1.165) is 0 Å². The highest BCUT2D eigenvalue weighted by molar-refractivity contribution is 6.32. The zero-order chi connectivity index (χ0) is 16.0. The van der Waals surface area contributed by atoms with Gasteiger partial charge in [0.15, 0.2) is 11.5 Å². The number of nitrogens with one attached hydrogen (secondary N) is 2. The molecule has 0 aromatic heterocycles. The van der Waals surface area contributed by atoms with Gasteiger partial charge in [0.1, 0.15) is 0 Å². The quantitative estimate of drug-likeness (QED) is 0.817. The molecule has 0 bridgehead atoms. The van der Waals surface area contributed by atoms with Gasteiger partial charge in [-0.1, -0.05) is 25.4 Å². The lowest BCUT2D eigenvalue weighted by Gasteiger charge is -2.12. The van der Waals surface area contributed by atoms with Crippen LogP contribution in [-0.4, -0.2) is 26.0 Å². The first-order valence-corrected chi connectivity index (χ1v) is 6.77. The fourth-order valence-electron chi connectivity index (χ4n) is 1.67. The van der Waals surface area contributed by atoms with Gasteiger partial charge < -0.3 is 9.47 Å². The van der Waals surface area contributed by atoms with Crippen LogP contribution in [0.2, 0.25) is 5.02 Å². The second-order valence-electron chi connectivity index (χ2n) is 4.79. The maximum absolute atomic E-state index is 12.0. The van der Waals surface area contributed by atoms with E-state index < -0.39 is 5.91 Å². The number of amides is 2. The average Bonchev–Trinajstić information content (AvgIpc) is 2.42. The molecule has 1 aromatic carbocycles. The summed E-state index contributed by atoms with van der Waals surface area (Å²) in [6.45, 7) is 3.82. The molecular weight excluding hydrogens is 296 g/mol. The Labute approximate surface area is 128 Å². The van der Waals surface area contributed by atoms with Crippen molar-refractivity contribution in [3.63, 3.8) is 0 Å². The monoisotopic (exact) mass is 314 g/mol. The van der Waals surface area contributed by atoms with E-state index in [1.165, 1.54) is 26.4 Å². The van der Waals surface area contributed by atoms with Crippen LogP contribution in [0, 0.1) is 5.92 Å². The summed E-state index contributed by atoms with van der Waals surface area (Å²) in [6, 6.07) is 2.92. The topological polar surface area (TPSA) is 76.7 Å². The van der Waals surface area contributed by atoms with E-state index in [0.29, 0.717) is 17.9 Å². The van der Waals surface area contributed by atoms with Crippen LogP contribution in [0.1, 0.15) is 30.6 Å². The number of halogens is 1. The summed E-state index contributed by atoms with van der Waals surface area (Å²) >= 11 is 6.02. The minimum absolute atomic E-state index is 0.206. The van der Waals surface area contributed by atoms with Crippen molar-refractivity contribution in [2.75, 3.05) is 14.2 Å². The second-order valence-corrected chi connectivity index (χ2v) is 5.20. The van der Waals surface area contributed by atoms with Crippen LogP contribution in [0.4, 0.5) is 0 Å². The highest BCUT2D eigenvalue weighted by Crippen LogP contribution is 2.35. The number of hydrogen-bond acceptors (Lipinski definition) is 4. The predicted octanol–water partition coefficient (Wildman–Crippen LogP) is 2.16. The van der Waals surface area contributed by atoms with Crippen molar-refractivity contribution in [1.82, 2.24) is 10.9 Å². The van der Waals surface area contributed by atoms with Gasteiger partial charge in [0, 0.05) is 12.0 Å². The van der Waals surface area contributed by atoms with Gasteiger partial charge in [0.05, 0.1) is 19.2 Å². The van der Waals surface area contributed by atoms with E-state index in [-0.39, 0.29) is 22.4 Å². The lowest BCUT2D eigenvalue weighted by Crippen LogP contribution is -2.42. The first-order chi connectivity index (χ1) is 9.88. The third kappa shape index (κ3) is 4.82. The van der Waals surface area contributed by atoms with Crippen LogP contribution in [0.15, 0.2) is 12.1 Å². The summed E-state index contributed by atoms with van der Waals surface area (Å²) in [5, 5.41) is 0.246. The minimum Gasteiger partial charge on any atom is -0.493 e. The van der Waals surface area contributed by atoms with Crippen molar-refractivity contribution in [3.8, 4) is 11.5 Å². The van der Waals surface area contributed by atoms with E-state index in [1.807, 2.05) is 13.8 Å². The maximum atomic E-state index is 12.0. The Bertz CT molecular complexity index is 532. The Hall–Kier alpha value is -1.95. The summed E-state index contributed by atoms with van der Waals surface area (Å²) in [4.78, 5) is 23.5. The Morgan fingerprint density at radius 3 is 2.38 bits per heavy atom. The fourth-order valence-corrected chi connectivity index (χ4v) is 1.96. The number of hydrogen-bond donors (Lipinski definition) is 2. The summed E-state index contributed by atoms with van der Waals surface area (Å²) < 4.78 is 10.2. The molecule has 116 valence electrons. The van der Waals surface area contributed by atoms with Gasteiger partial charge in [0.25, 0.3) is 5.91 Å². The van der Waals surface area contributed by atoms with Crippen LogP contribution in [0.3, 0.4) is 0 Å². The van der Waals surface area contributed by atoms with Crippen molar-refractivity contribution in [3.05, 3.63) is 22.7 Å². The third-order valence-corrected chi connectivity index (χ3v) is 2.89.